The number of amides is 2. The standard InChI is InChI=1S/C19H23N3O4/c1-13-11-22(12-14(2)25-13)18(23)8-9-20-19(24)16-10-17(26-21-16)15-6-4-3-5-7-15/h3-7,10,13-14H,8-9,11-12H2,1-2H3,(H,20,24)/t13-,14-/m0/s1. The van der Waals surface area contributed by atoms with Crippen LogP contribution in [0.15, 0.2) is 40.9 Å². The number of hydrogen-bond acceptors (Lipinski definition) is 5. The lowest BCUT2D eigenvalue weighted by Crippen LogP contribution is -2.48. The Morgan fingerprint density at radius 3 is 2.58 bits per heavy atom. The van der Waals surface area contributed by atoms with Gasteiger partial charge >= 0.3 is 0 Å². The van der Waals surface area contributed by atoms with Crippen molar-refractivity contribution in [2.24, 2.45) is 0 Å². The van der Waals surface area contributed by atoms with E-state index in [1.165, 1.54) is 0 Å². The van der Waals surface area contributed by atoms with E-state index in [1.54, 1.807) is 11.0 Å². The number of carbonyl (C=O) groups is 2. The van der Waals surface area contributed by atoms with Crippen molar-refractivity contribution in [1.29, 1.82) is 0 Å². The van der Waals surface area contributed by atoms with E-state index in [0.29, 0.717) is 18.8 Å². The van der Waals surface area contributed by atoms with Gasteiger partial charge in [-0.3, -0.25) is 9.59 Å². The van der Waals surface area contributed by atoms with Crippen molar-refractivity contribution in [2.45, 2.75) is 32.5 Å². The highest BCUT2D eigenvalue weighted by atomic mass is 16.5. The minimum atomic E-state index is -0.354. The van der Waals surface area contributed by atoms with Crippen LogP contribution in [0.5, 0.6) is 0 Å². The Kier molecular flexibility index (Phi) is 5.68. The Balaban J connectivity index is 1.48. The van der Waals surface area contributed by atoms with Gasteiger partial charge in [0.25, 0.3) is 5.91 Å². The van der Waals surface area contributed by atoms with Crippen LogP contribution in [0.1, 0.15) is 30.8 Å². The van der Waals surface area contributed by atoms with Crippen LogP contribution >= 0.6 is 0 Å². The first kappa shape index (κ1) is 18.1. The van der Waals surface area contributed by atoms with Crippen molar-refractivity contribution < 1.29 is 18.8 Å². The molecule has 1 N–H and O–H groups in total. The minimum absolute atomic E-state index is 0.0115. The second kappa shape index (κ2) is 8.14. The molecular formula is C19H23N3O4. The molecule has 3 rings (SSSR count). The molecule has 1 aliphatic rings. The Labute approximate surface area is 152 Å². The van der Waals surface area contributed by atoms with Gasteiger partial charge in [0.05, 0.1) is 12.2 Å². The van der Waals surface area contributed by atoms with E-state index in [1.807, 2.05) is 44.2 Å². The van der Waals surface area contributed by atoms with Crippen LogP contribution < -0.4 is 5.32 Å². The first-order valence-corrected chi connectivity index (χ1v) is 8.76. The topological polar surface area (TPSA) is 84.7 Å². The van der Waals surface area contributed by atoms with E-state index in [4.69, 9.17) is 9.26 Å². The molecule has 138 valence electrons. The lowest BCUT2D eigenvalue weighted by atomic mass is 10.1. The van der Waals surface area contributed by atoms with Crippen molar-refractivity contribution in [3.63, 3.8) is 0 Å². The van der Waals surface area contributed by atoms with Gasteiger partial charge in [-0.2, -0.15) is 0 Å². The summed E-state index contributed by atoms with van der Waals surface area (Å²) in [5, 5.41) is 6.52. The molecule has 2 amide bonds. The van der Waals surface area contributed by atoms with Gasteiger partial charge in [-0.05, 0) is 13.8 Å². The molecule has 1 aliphatic heterocycles. The van der Waals surface area contributed by atoms with E-state index in [2.05, 4.69) is 10.5 Å². The fourth-order valence-electron chi connectivity index (χ4n) is 3.03. The van der Waals surface area contributed by atoms with Crippen LogP contribution in [-0.4, -0.2) is 53.7 Å². The van der Waals surface area contributed by atoms with E-state index in [0.717, 1.165) is 5.56 Å². The summed E-state index contributed by atoms with van der Waals surface area (Å²) < 4.78 is 10.8. The van der Waals surface area contributed by atoms with Gasteiger partial charge in [-0.25, -0.2) is 0 Å². The highest BCUT2D eigenvalue weighted by Gasteiger charge is 2.25. The van der Waals surface area contributed by atoms with Gasteiger partial charge < -0.3 is 19.5 Å². The van der Waals surface area contributed by atoms with E-state index in [-0.39, 0.29) is 42.7 Å². The molecule has 7 heteroatoms. The molecule has 1 saturated heterocycles. The predicted octanol–water partition coefficient (Wildman–Crippen LogP) is 2.10. The summed E-state index contributed by atoms with van der Waals surface area (Å²) in [4.78, 5) is 26.2. The highest BCUT2D eigenvalue weighted by molar-refractivity contribution is 5.93. The highest BCUT2D eigenvalue weighted by Crippen LogP contribution is 2.19. The molecule has 1 aromatic carbocycles. The summed E-state index contributed by atoms with van der Waals surface area (Å²) in [5.41, 5.74) is 1.05. The van der Waals surface area contributed by atoms with Crippen LogP contribution in [0, 0.1) is 0 Å². The normalized spacial score (nSPS) is 20.0. The molecule has 0 saturated carbocycles. The second-order valence-corrected chi connectivity index (χ2v) is 6.50. The molecule has 7 nitrogen and oxygen atoms in total. The number of rotatable bonds is 5. The molecule has 2 heterocycles. The molecule has 2 aromatic rings. The van der Waals surface area contributed by atoms with Gasteiger partial charge in [-0.1, -0.05) is 35.5 Å². The van der Waals surface area contributed by atoms with Gasteiger partial charge in [0, 0.05) is 37.7 Å². The Morgan fingerprint density at radius 1 is 1.19 bits per heavy atom. The monoisotopic (exact) mass is 357 g/mol. The van der Waals surface area contributed by atoms with Crippen LogP contribution in [-0.2, 0) is 9.53 Å². The van der Waals surface area contributed by atoms with E-state index >= 15 is 0 Å². The molecule has 1 aromatic heterocycles. The summed E-state index contributed by atoms with van der Waals surface area (Å²) in [7, 11) is 0. The predicted molar refractivity (Wildman–Crippen MR) is 95.5 cm³/mol. The lowest BCUT2D eigenvalue weighted by Gasteiger charge is -2.35. The van der Waals surface area contributed by atoms with Crippen LogP contribution in [0.3, 0.4) is 0 Å². The molecule has 26 heavy (non-hydrogen) atoms. The summed E-state index contributed by atoms with van der Waals surface area (Å²) >= 11 is 0. The average Bonchev–Trinajstić information content (AvgIpc) is 3.11. The van der Waals surface area contributed by atoms with Crippen molar-refractivity contribution in [2.75, 3.05) is 19.6 Å². The zero-order valence-electron chi connectivity index (χ0n) is 15.0. The van der Waals surface area contributed by atoms with Gasteiger partial charge in [-0.15, -0.1) is 0 Å². The number of hydrogen-bond donors (Lipinski definition) is 1. The van der Waals surface area contributed by atoms with Crippen LogP contribution in [0.4, 0.5) is 0 Å². The van der Waals surface area contributed by atoms with Crippen molar-refractivity contribution >= 4 is 11.8 Å². The molecule has 0 aliphatic carbocycles. The minimum Gasteiger partial charge on any atom is -0.372 e. The Bertz CT molecular complexity index is 749. The maximum Gasteiger partial charge on any atom is 0.273 e. The quantitative estimate of drug-likeness (QED) is 0.886. The van der Waals surface area contributed by atoms with Crippen LogP contribution in [0.2, 0.25) is 0 Å². The maximum atomic E-state index is 12.3. The molecular weight excluding hydrogens is 334 g/mol. The summed E-state index contributed by atoms with van der Waals surface area (Å²) in [5.74, 6) is 0.188. The number of aromatic nitrogens is 1. The molecule has 0 spiro atoms. The third-order valence-electron chi connectivity index (χ3n) is 4.20. The molecule has 2 atom stereocenters. The largest absolute Gasteiger partial charge is 0.372 e. The third kappa shape index (κ3) is 4.49. The average molecular weight is 357 g/mol. The fourth-order valence-corrected chi connectivity index (χ4v) is 3.03. The van der Waals surface area contributed by atoms with Gasteiger partial charge in [0.15, 0.2) is 11.5 Å². The van der Waals surface area contributed by atoms with E-state index in [9.17, 15) is 9.59 Å². The smallest absolute Gasteiger partial charge is 0.273 e. The Morgan fingerprint density at radius 2 is 1.88 bits per heavy atom. The van der Waals surface area contributed by atoms with Gasteiger partial charge in [0.2, 0.25) is 5.91 Å². The molecule has 0 radical (unpaired) electrons. The van der Waals surface area contributed by atoms with Crippen LogP contribution in [0.25, 0.3) is 11.3 Å². The third-order valence-corrected chi connectivity index (χ3v) is 4.20. The maximum absolute atomic E-state index is 12.3. The summed E-state index contributed by atoms with van der Waals surface area (Å²) in [6, 6.07) is 11.0. The van der Waals surface area contributed by atoms with Crippen molar-refractivity contribution in [3.8, 4) is 11.3 Å². The van der Waals surface area contributed by atoms with Gasteiger partial charge in [0.1, 0.15) is 0 Å². The Hall–Kier alpha value is -2.67. The number of nitrogens with zero attached hydrogens (tertiary/aromatic N) is 2. The summed E-state index contributed by atoms with van der Waals surface area (Å²) in [6.07, 6.45) is 0.307. The number of ether oxygens (including phenoxy) is 1. The van der Waals surface area contributed by atoms with E-state index < -0.39 is 0 Å². The zero-order chi connectivity index (χ0) is 18.5. The molecule has 1 fully saturated rings. The zero-order valence-corrected chi connectivity index (χ0v) is 15.0. The first-order valence-electron chi connectivity index (χ1n) is 8.76. The van der Waals surface area contributed by atoms with Crippen molar-refractivity contribution in [1.82, 2.24) is 15.4 Å². The summed E-state index contributed by atoms with van der Waals surface area (Å²) in [6.45, 7) is 5.33. The first-order chi connectivity index (χ1) is 12.5. The number of carbonyl (C=O) groups excluding carboxylic acids is 2. The number of morpholine rings is 1. The second-order valence-electron chi connectivity index (χ2n) is 6.50. The number of benzene rings is 1. The molecule has 0 unspecified atom stereocenters. The van der Waals surface area contributed by atoms with Crippen molar-refractivity contribution in [3.05, 3.63) is 42.1 Å². The SMILES string of the molecule is C[C@H]1CN(C(=O)CCNC(=O)c2cc(-c3ccccc3)on2)C[C@H](C)O1. The number of nitrogens with one attached hydrogen (secondary N) is 1. The fraction of sp³-hybridized carbons (Fsp3) is 0.421. The molecule has 0 bridgehead atoms. The lowest BCUT2D eigenvalue weighted by molar-refractivity contribution is -0.143.